The Kier molecular flexibility index (Phi) is 2.64. The smallest absolute Gasteiger partial charge is 0.250 e. The Bertz CT molecular complexity index is 534. The van der Waals surface area contributed by atoms with Gasteiger partial charge in [-0.05, 0) is 32.9 Å². The highest BCUT2D eigenvalue weighted by atomic mass is 16.2. The second-order valence-electron chi connectivity index (χ2n) is 4.16. The zero-order chi connectivity index (χ0) is 11.7. The molecule has 2 rings (SSSR count). The summed E-state index contributed by atoms with van der Waals surface area (Å²) in [4.78, 5) is 12.0. The van der Waals surface area contributed by atoms with Gasteiger partial charge in [0.05, 0.1) is 11.7 Å². The van der Waals surface area contributed by atoms with Gasteiger partial charge >= 0.3 is 5.69 Å². The fourth-order valence-electron chi connectivity index (χ4n) is 1.55. The highest BCUT2D eigenvalue weighted by Crippen LogP contribution is 2.07. The molecule has 1 aromatic carbocycles. The fourth-order valence-corrected chi connectivity index (χ4v) is 1.55. The highest BCUT2D eigenvalue weighted by Gasteiger charge is 2.08. The van der Waals surface area contributed by atoms with E-state index in [4.69, 9.17) is 0 Å². The van der Waals surface area contributed by atoms with Crippen molar-refractivity contribution in [2.45, 2.75) is 26.8 Å². The van der Waals surface area contributed by atoms with Gasteiger partial charge in [-0.25, -0.2) is 14.0 Å². The number of hydrogen-bond donors (Lipinski definition) is 0. The molecule has 0 saturated heterocycles. The van der Waals surface area contributed by atoms with E-state index in [1.807, 2.05) is 45.0 Å². The van der Waals surface area contributed by atoms with E-state index in [-0.39, 0.29) is 11.7 Å². The maximum absolute atomic E-state index is 12.0. The third kappa shape index (κ3) is 1.78. The van der Waals surface area contributed by atoms with Crippen LogP contribution in [0.3, 0.4) is 0 Å². The highest BCUT2D eigenvalue weighted by molar-refractivity contribution is 5.33. The summed E-state index contributed by atoms with van der Waals surface area (Å²) >= 11 is 0. The molecular weight excluding hydrogens is 202 g/mol. The van der Waals surface area contributed by atoms with Gasteiger partial charge in [-0.3, -0.25) is 0 Å². The molecule has 0 aliphatic heterocycles. The van der Waals surface area contributed by atoms with Crippen LogP contribution in [0.4, 0.5) is 0 Å². The van der Waals surface area contributed by atoms with E-state index in [0.29, 0.717) is 0 Å². The first-order chi connectivity index (χ1) is 7.59. The van der Waals surface area contributed by atoms with Crippen LogP contribution in [0, 0.1) is 6.92 Å². The minimum Gasteiger partial charge on any atom is -0.250 e. The second kappa shape index (κ2) is 3.96. The van der Waals surface area contributed by atoms with E-state index in [9.17, 15) is 4.79 Å². The number of hydrogen-bond acceptors (Lipinski definition) is 2. The predicted octanol–water partition coefficient (Wildman–Crippen LogP) is 1.92. The molecule has 0 amide bonds. The van der Waals surface area contributed by atoms with Crippen LogP contribution in [0.5, 0.6) is 0 Å². The van der Waals surface area contributed by atoms with E-state index < -0.39 is 0 Å². The van der Waals surface area contributed by atoms with E-state index >= 15 is 0 Å². The van der Waals surface area contributed by atoms with Gasteiger partial charge in [-0.2, -0.15) is 5.10 Å². The average molecular weight is 217 g/mol. The van der Waals surface area contributed by atoms with E-state index in [1.54, 1.807) is 10.9 Å². The van der Waals surface area contributed by atoms with Crippen LogP contribution in [-0.4, -0.2) is 14.3 Å². The van der Waals surface area contributed by atoms with Gasteiger partial charge < -0.3 is 0 Å². The first kappa shape index (κ1) is 10.7. The minimum atomic E-state index is -0.0983. The van der Waals surface area contributed by atoms with E-state index in [1.165, 1.54) is 10.2 Å². The van der Waals surface area contributed by atoms with Crippen molar-refractivity contribution >= 4 is 0 Å². The molecule has 1 aromatic heterocycles. The molecule has 0 unspecified atom stereocenters. The lowest BCUT2D eigenvalue weighted by molar-refractivity contribution is 0.511. The van der Waals surface area contributed by atoms with Crippen LogP contribution < -0.4 is 5.69 Å². The van der Waals surface area contributed by atoms with Gasteiger partial charge in [0, 0.05) is 0 Å². The topological polar surface area (TPSA) is 39.8 Å². The van der Waals surface area contributed by atoms with Crippen molar-refractivity contribution in [2.75, 3.05) is 0 Å². The molecule has 0 radical (unpaired) electrons. The fraction of sp³-hybridized carbons (Fsp3) is 0.333. The summed E-state index contributed by atoms with van der Waals surface area (Å²) in [6.45, 7) is 5.89. The van der Waals surface area contributed by atoms with Gasteiger partial charge in [-0.1, -0.05) is 17.7 Å². The molecule has 0 bridgehead atoms. The summed E-state index contributed by atoms with van der Waals surface area (Å²) < 4.78 is 3.03. The van der Waals surface area contributed by atoms with Gasteiger partial charge in [0.1, 0.15) is 6.33 Å². The summed E-state index contributed by atoms with van der Waals surface area (Å²) in [5.74, 6) is 0. The number of aromatic nitrogens is 3. The van der Waals surface area contributed by atoms with Crippen molar-refractivity contribution in [1.29, 1.82) is 0 Å². The molecule has 1 heterocycles. The van der Waals surface area contributed by atoms with Gasteiger partial charge in [0.15, 0.2) is 0 Å². The van der Waals surface area contributed by atoms with Gasteiger partial charge in [0.2, 0.25) is 0 Å². The second-order valence-corrected chi connectivity index (χ2v) is 4.16. The van der Waals surface area contributed by atoms with Crippen LogP contribution in [0.15, 0.2) is 35.4 Å². The molecule has 2 aromatic rings. The van der Waals surface area contributed by atoms with Crippen molar-refractivity contribution < 1.29 is 0 Å². The average Bonchev–Trinajstić information content (AvgIpc) is 2.61. The largest absolute Gasteiger partial charge is 0.350 e. The van der Waals surface area contributed by atoms with Gasteiger partial charge in [-0.15, -0.1) is 0 Å². The Hall–Kier alpha value is -1.84. The third-order valence-corrected chi connectivity index (χ3v) is 2.49. The molecule has 4 nitrogen and oxygen atoms in total. The molecule has 4 heteroatoms. The van der Waals surface area contributed by atoms with Crippen molar-refractivity contribution in [3.63, 3.8) is 0 Å². The molecule has 0 saturated carbocycles. The Balaban J connectivity index is 2.49. The molecule has 84 valence electrons. The first-order valence-electron chi connectivity index (χ1n) is 5.33. The minimum absolute atomic E-state index is 0.0826. The number of nitrogens with zero attached hydrogens (tertiary/aromatic N) is 3. The van der Waals surface area contributed by atoms with E-state index in [0.717, 1.165) is 5.69 Å². The molecule has 0 fully saturated rings. The summed E-state index contributed by atoms with van der Waals surface area (Å²) in [7, 11) is 0. The lowest BCUT2D eigenvalue weighted by atomic mass is 10.2. The first-order valence-corrected chi connectivity index (χ1v) is 5.33. The van der Waals surface area contributed by atoms with Crippen molar-refractivity contribution in [1.82, 2.24) is 14.3 Å². The third-order valence-electron chi connectivity index (χ3n) is 2.49. The van der Waals surface area contributed by atoms with Crippen LogP contribution in [0.1, 0.15) is 25.5 Å². The SMILES string of the molecule is Cc1ccc(-n2cnn(C(C)C)c2=O)cc1. The summed E-state index contributed by atoms with van der Waals surface area (Å²) in [5, 5.41) is 4.08. The molecular formula is C12H15N3O. The molecule has 16 heavy (non-hydrogen) atoms. The Morgan fingerprint density at radius 1 is 1.19 bits per heavy atom. The zero-order valence-corrected chi connectivity index (χ0v) is 9.71. The monoisotopic (exact) mass is 217 g/mol. The normalized spacial score (nSPS) is 11.0. The summed E-state index contributed by atoms with van der Waals surface area (Å²) in [5.41, 5.74) is 1.93. The maximum atomic E-state index is 12.0. The predicted molar refractivity (Wildman–Crippen MR) is 62.9 cm³/mol. The van der Waals surface area contributed by atoms with Crippen molar-refractivity contribution in [3.05, 3.63) is 46.6 Å². The lowest BCUT2D eigenvalue weighted by Gasteiger charge is -2.03. The Morgan fingerprint density at radius 2 is 1.81 bits per heavy atom. The van der Waals surface area contributed by atoms with Gasteiger partial charge in [0.25, 0.3) is 0 Å². The summed E-state index contributed by atoms with van der Waals surface area (Å²) in [6, 6.07) is 7.88. The van der Waals surface area contributed by atoms with Crippen LogP contribution in [0.2, 0.25) is 0 Å². The molecule has 0 spiro atoms. The van der Waals surface area contributed by atoms with Crippen molar-refractivity contribution in [3.8, 4) is 5.69 Å². The number of rotatable bonds is 2. The van der Waals surface area contributed by atoms with Crippen molar-refractivity contribution in [2.24, 2.45) is 0 Å². The number of benzene rings is 1. The molecule has 0 aliphatic rings. The molecule has 0 aliphatic carbocycles. The quantitative estimate of drug-likeness (QED) is 0.771. The Morgan fingerprint density at radius 3 is 2.31 bits per heavy atom. The zero-order valence-electron chi connectivity index (χ0n) is 9.71. The van der Waals surface area contributed by atoms with Crippen LogP contribution in [-0.2, 0) is 0 Å². The summed E-state index contributed by atoms with van der Waals surface area (Å²) in [6.07, 6.45) is 1.56. The maximum Gasteiger partial charge on any atom is 0.350 e. The number of aryl methyl sites for hydroxylation is 1. The van der Waals surface area contributed by atoms with Crippen LogP contribution in [0.25, 0.3) is 5.69 Å². The van der Waals surface area contributed by atoms with Crippen LogP contribution >= 0.6 is 0 Å². The Labute approximate surface area is 94.1 Å². The van der Waals surface area contributed by atoms with E-state index in [2.05, 4.69) is 5.10 Å². The molecule has 0 atom stereocenters. The standard InChI is InChI=1S/C12H15N3O/c1-9(2)15-12(16)14(8-13-15)11-6-4-10(3)5-7-11/h4-9H,1-3H3. The molecule has 0 N–H and O–H groups in total. The lowest BCUT2D eigenvalue weighted by Crippen LogP contribution is -2.25.